The molecule has 0 bridgehead atoms. The predicted octanol–water partition coefficient (Wildman–Crippen LogP) is 3.30. The van der Waals surface area contributed by atoms with E-state index in [1.54, 1.807) is 19.2 Å². The van der Waals surface area contributed by atoms with Crippen molar-refractivity contribution in [2.24, 2.45) is 11.0 Å². The largest absolute Gasteiger partial charge is 0.460 e. The van der Waals surface area contributed by atoms with Gasteiger partial charge in [-0.25, -0.2) is 4.98 Å². The molecule has 23 heavy (non-hydrogen) atoms. The average Bonchev–Trinajstić information content (AvgIpc) is 3.08. The van der Waals surface area contributed by atoms with Crippen LogP contribution in [0.3, 0.4) is 0 Å². The molecule has 0 saturated heterocycles. The van der Waals surface area contributed by atoms with Gasteiger partial charge in [-0.05, 0) is 43.5 Å². The normalized spacial score (nSPS) is 20.4. The zero-order valence-electron chi connectivity index (χ0n) is 13.1. The topological polar surface area (TPSA) is 60.4 Å². The Balaban J connectivity index is 1.69. The first kappa shape index (κ1) is 13.9. The van der Waals surface area contributed by atoms with Gasteiger partial charge in [0.15, 0.2) is 0 Å². The lowest BCUT2D eigenvalue weighted by molar-refractivity contribution is 0.499. The highest BCUT2D eigenvalue weighted by molar-refractivity contribution is 5.78. The van der Waals surface area contributed by atoms with Crippen molar-refractivity contribution in [1.82, 2.24) is 9.66 Å². The van der Waals surface area contributed by atoms with E-state index in [0.717, 1.165) is 5.76 Å². The van der Waals surface area contributed by atoms with Crippen LogP contribution < -0.4 is 5.56 Å². The maximum absolute atomic E-state index is 12.5. The summed E-state index contributed by atoms with van der Waals surface area (Å²) >= 11 is 0. The molecular formula is C18H17N3O2. The number of aromatic nitrogens is 2. The molecule has 5 nitrogen and oxygen atoms in total. The van der Waals surface area contributed by atoms with Crippen LogP contribution in [-0.2, 0) is 0 Å². The van der Waals surface area contributed by atoms with Crippen molar-refractivity contribution < 1.29 is 4.42 Å². The summed E-state index contributed by atoms with van der Waals surface area (Å²) in [4.78, 5) is 16.9. The molecule has 0 amide bonds. The first-order valence-corrected chi connectivity index (χ1v) is 7.76. The molecule has 5 heteroatoms. The second kappa shape index (κ2) is 5.19. The van der Waals surface area contributed by atoms with Gasteiger partial charge in [-0.3, -0.25) is 4.79 Å². The van der Waals surface area contributed by atoms with Crippen LogP contribution in [0.15, 0.2) is 50.7 Å². The number of aryl methyl sites for hydroxylation is 1. The molecule has 1 saturated carbocycles. The van der Waals surface area contributed by atoms with E-state index < -0.39 is 0 Å². The van der Waals surface area contributed by atoms with Crippen LogP contribution in [0.4, 0.5) is 0 Å². The minimum atomic E-state index is -0.174. The monoisotopic (exact) mass is 307 g/mol. The summed E-state index contributed by atoms with van der Waals surface area (Å²) in [5.74, 6) is 3.43. The molecule has 1 fully saturated rings. The molecule has 0 N–H and O–H groups in total. The molecule has 0 aliphatic heterocycles. The summed E-state index contributed by atoms with van der Waals surface area (Å²) < 4.78 is 7.09. The van der Waals surface area contributed by atoms with Gasteiger partial charge in [-0.15, -0.1) is 0 Å². The highest BCUT2D eigenvalue weighted by Gasteiger charge is 2.36. The first-order chi connectivity index (χ1) is 11.1. The Morgan fingerprint density at radius 1 is 1.30 bits per heavy atom. The third kappa shape index (κ3) is 2.48. The Labute approximate surface area is 133 Å². The SMILES string of the molecule is Cc1nc2ccccc2c(=O)n1/N=C\c1ccc([C@H]2C[C@@H]2C)o1. The van der Waals surface area contributed by atoms with Gasteiger partial charge in [0.05, 0.1) is 17.1 Å². The minimum Gasteiger partial charge on any atom is -0.460 e. The maximum atomic E-state index is 12.5. The van der Waals surface area contributed by atoms with E-state index in [-0.39, 0.29) is 5.56 Å². The highest BCUT2D eigenvalue weighted by atomic mass is 16.3. The quantitative estimate of drug-likeness (QED) is 0.697. The van der Waals surface area contributed by atoms with Gasteiger partial charge in [0.1, 0.15) is 17.3 Å². The second-order valence-electron chi connectivity index (χ2n) is 6.10. The number of nitrogens with zero attached hydrogens (tertiary/aromatic N) is 3. The number of furan rings is 1. The van der Waals surface area contributed by atoms with Gasteiger partial charge in [0, 0.05) is 5.92 Å². The fourth-order valence-electron chi connectivity index (χ4n) is 2.84. The van der Waals surface area contributed by atoms with Gasteiger partial charge in [0.2, 0.25) is 0 Å². The molecule has 2 aromatic heterocycles. The van der Waals surface area contributed by atoms with E-state index in [9.17, 15) is 4.79 Å². The Kier molecular flexibility index (Phi) is 3.15. The van der Waals surface area contributed by atoms with E-state index in [1.165, 1.54) is 11.1 Å². The number of hydrogen-bond donors (Lipinski definition) is 0. The number of hydrogen-bond acceptors (Lipinski definition) is 4. The Bertz CT molecular complexity index is 968. The molecule has 2 atom stereocenters. The summed E-state index contributed by atoms with van der Waals surface area (Å²) in [5, 5.41) is 4.82. The van der Waals surface area contributed by atoms with Crippen molar-refractivity contribution in [3.05, 3.63) is 64.1 Å². The lowest BCUT2D eigenvalue weighted by Gasteiger charge is -2.04. The summed E-state index contributed by atoms with van der Waals surface area (Å²) in [5.41, 5.74) is 0.511. The van der Waals surface area contributed by atoms with Crippen LogP contribution >= 0.6 is 0 Å². The molecule has 0 radical (unpaired) electrons. The van der Waals surface area contributed by atoms with Crippen molar-refractivity contribution in [3.8, 4) is 0 Å². The van der Waals surface area contributed by atoms with E-state index in [0.29, 0.717) is 34.3 Å². The van der Waals surface area contributed by atoms with Crippen LogP contribution in [0.5, 0.6) is 0 Å². The maximum Gasteiger partial charge on any atom is 0.282 e. The van der Waals surface area contributed by atoms with Crippen molar-refractivity contribution in [2.75, 3.05) is 0 Å². The van der Waals surface area contributed by atoms with Crippen LogP contribution in [0.25, 0.3) is 10.9 Å². The van der Waals surface area contributed by atoms with E-state index in [1.807, 2.05) is 30.3 Å². The molecule has 4 rings (SSSR count). The van der Waals surface area contributed by atoms with Crippen molar-refractivity contribution in [3.63, 3.8) is 0 Å². The van der Waals surface area contributed by atoms with Crippen LogP contribution in [0, 0.1) is 12.8 Å². The summed E-state index contributed by atoms with van der Waals surface area (Å²) in [7, 11) is 0. The fourth-order valence-corrected chi connectivity index (χ4v) is 2.84. The standard InChI is InChI=1S/C18H17N3O2/c1-11-9-15(11)17-8-7-13(23-17)10-19-21-12(2)20-16-6-4-3-5-14(16)18(21)22/h3-8,10-11,15H,9H2,1-2H3/b19-10-/t11-,15-/m0/s1. The second-order valence-corrected chi connectivity index (χ2v) is 6.10. The zero-order valence-corrected chi connectivity index (χ0v) is 13.1. The molecule has 116 valence electrons. The van der Waals surface area contributed by atoms with Gasteiger partial charge < -0.3 is 4.42 Å². The fraction of sp³-hybridized carbons (Fsp3) is 0.278. The van der Waals surface area contributed by atoms with Crippen LogP contribution in [0.2, 0.25) is 0 Å². The highest BCUT2D eigenvalue weighted by Crippen LogP contribution is 2.47. The molecule has 2 heterocycles. The van der Waals surface area contributed by atoms with Gasteiger partial charge in [-0.1, -0.05) is 19.1 Å². The molecule has 3 aromatic rings. The number of fused-ring (bicyclic) bond motifs is 1. The zero-order chi connectivity index (χ0) is 16.0. The van der Waals surface area contributed by atoms with E-state index >= 15 is 0 Å². The molecule has 1 aliphatic rings. The predicted molar refractivity (Wildman–Crippen MR) is 89.0 cm³/mol. The Morgan fingerprint density at radius 2 is 2.09 bits per heavy atom. The summed E-state index contributed by atoms with van der Waals surface area (Å²) in [6.07, 6.45) is 2.75. The van der Waals surface area contributed by atoms with Gasteiger partial charge in [-0.2, -0.15) is 9.78 Å². The minimum absolute atomic E-state index is 0.174. The van der Waals surface area contributed by atoms with Gasteiger partial charge in [0.25, 0.3) is 5.56 Å². The number of benzene rings is 1. The smallest absolute Gasteiger partial charge is 0.282 e. The van der Waals surface area contributed by atoms with Crippen molar-refractivity contribution >= 4 is 17.1 Å². The lowest BCUT2D eigenvalue weighted by atomic mass is 10.2. The molecule has 0 spiro atoms. The molecule has 1 aliphatic carbocycles. The molecular weight excluding hydrogens is 290 g/mol. The van der Waals surface area contributed by atoms with Crippen LogP contribution in [0.1, 0.15) is 36.6 Å². The van der Waals surface area contributed by atoms with Crippen molar-refractivity contribution in [1.29, 1.82) is 0 Å². The lowest BCUT2D eigenvalue weighted by Crippen LogP contribution is -2.20. The van der Waals surface area contributed by atoms with Gasteiger partial charge >= 0.3 is 0 Å². The third-order valence-electron chi connectivity index (χ3n) is 4.34. The Hall–Kier alpha value is -2.69. The van der Waals surface area contributed by atoms with E-state index in [4.69, 9.17) is 4.42 Å². The summed E-state index contributed by atoms with van der Waals surface area (Å²) in [6.45, 7) is 3.98. The van der Waals surface area contributed by atoms with Crippen molar-refractivity contribution in [2.45, 2.75) is 26.2 Å². The Morgan fingerprint density at radius 3 is 2.87 bits per heavy atom. The number of rotatable bonds is 3. The molecule has 1 aromatic carbocycles. The van der Waals surface area contributed by atoms with Crippen LogP contribution in [-0.4, -0.2) is 15.9 Å². The molecule has 0 unspecified atom stereocenters. The summed E-state index contributed by atoms with van der Waals surface area (Å²) in [6, 6.07) is 11.2. The first-order valence-electron chi connectivity index (χ1n) is 7.76. The third-order valence-corrected chi connectivity index (χ3v) is 4.34. The average molecular weight is 307 g/mol. The van der Waals surface area contributed by atoms with E-state index in [2.05, 4.69) is 17.0 Å². The number of para-hydroxylation sites is 1.